The van der Waals surface area contributed by atoms with Crippen molar-refractivity contribution in [2.24, 2.45) is 29.6 Å². The van der Waals surface area contributed by atoms with E-state index in [9.17, 15) is 13.2 Å². The second-order valence-electron chi connectivity index (χ2n) is 9.06. The third-order valence-corrected chi connectivity index (χ3v) is 10.1. The highest BCUT2D eigenvalue weighted by molar-refractivity contribution is 7.94. The summed E-state index contributed by atoms with van der Waals surface area (Å²) in [6.45, 7) is 3.83. The fourth-order valence-electron chi connectivity index (χ4n) is 5.72. The molecule has 4 nitrogen and oxygen atoms in total. The molecule has 4 bridgehead atoms. The van der Waals surface area contributed by atoms with Gasteiger partial charge in [-0.2, -0.15) is 0 Å². The van der Waals surface area contributed by atoms with E-state index in [0.717, 1.165) is 23.7 Å². The highest BCUT2D eigenvalue weighted by Gasteiger charge is 2.51. The van der Waals surface area contributed by atoms with Gasteiger partial charge >= 0.3 is 0 Å². The first-order valence-corrected chi connectivity index (χ1v) is 10.9. The largest absolute Gasteiger partial charge is 0.354 e. The van der Waals surface area contributed by atoms with Gasteiger partial charge < -0.3 is 5.32 Å². The molecule has 5 aliphatic carbocycles. The number of carbonyl (C=O) groups excluding carboxylic acids is 1. The first-order valence-electron chi connectivity index (χ1n) is 9.30. The molecule has 0 unspecified atom stereocenters. The van der Waals surface area contributed by atoms with Gasteiger partial charge in [0.2, 0.25) is 5.91 Å². The molecule has 5 fully saturated rings. The molecule has 0 heterocycles. The quantitative estimate of drug-likeness (QED) is 0.837. The van der Waals surface area contributed by atoms with Gasteiger partial charge in [0.15, 0.2) is 9.84 Å². The lowest BCUT2D eigenvalue weighted by Crippen LogP contribution is -2.53. The molecule has 1 N–H and O–H groups in total. The van der Waals surface area contributed by atoms with Crippen LogP contribution in [0.25, 0.3) is 0 Å². The number of sulfone groups is 1. The van der Waals surface area contributed by atoms with Crippen molar-refractivity contribution in [3.8, 4) is 0 Å². The highest BCUT2D eigenvalue weighted by atomic mass is 32.2. The summed E-state index contributed by atoms with van der Waals surface area (Å²) in [5.74, 6) is 3.65. The minimum absolute atomic E-state index is 0.288. The molecule has 130 valence electrons. The average molecular weight is 340 g/mol. The first-order chi connectivity index (χ1) is 10.8. The van der Waals surface area contributed by atoms with Gasteiger partial charge in [-0.25, -0.2) is 8.42 Å². The van der Waals surface area contributed by atoms with Crippen molar-refractivity contribution in [2.45, 2.75) is 68.8 Å². The zero-order valence-corrected chi connectivity index (χ0v) is 15.1. The Morgan fingerprint density at radius 3 is 2.00 bits per heavy atom. The summed E-state index contributed by atoms with van der Waals surface area (Å²) in [7, 11) is -3.35. The molecule has 5 aliphatic rings. The molecule has 0 aliphatic heterocycles. The molecule has 5 heteroatoms. The van der Waals surface area contributed by atoms with Crippen molar-refractivity contribution in [3.63, 3.8) is 0 Å². The van der Waals surface area contributed by atoms with Gasteiger partial charge in [-0.05, 0) is 88.4 Å². The van der Waals surface area contributed by atoms with Crippen LogP contribution in [0.3, 0.4) is 0 Å². The van der Waals surface area contributed by atoms with Gasteiger partial charge in [0.25, 0.3) is 0 Å². The summed E-state index contributed by atoms with van der Waals surface area (Å²) in [4.78, 5) is 12.6. The molecular formula is C18H29NO3S. The molecule has 5 saturated carbocycles. The Bertz CT molecular complexity index is 578. The van der Waals surface area contributed by atoms with E-state index in [-0.39, 0.29) is 11.2 Å². The highest BCUT2D eigenvalue weighted by Crippen LogP contribution is 2.56. The minimum Gasteiger partial charge on any atom is -0.354 e. The lowest BCUT2D eigenvalue weighted by atomic mass is 9.52. The Morgan fingerprint density at radius 2 is 1.52 bits per heavy atom. The SMILES string of the molecule is CC(C)(C(=O)NCC1C2CC3CC(C2)CC1C3)S(=O)(=O)C1CC1. The van der Waals surface area contributed by atoms with Crippen LogP contribution in [0.5, 0.6) is 0 Å². The van der Waals surface area contributed by atoms with E-state index in [2.05, 4.69) is 5.32 Å². The van der Waals surface area contributed by atoms with E-state index in [0.29, 0.717) is 25.3 Å². The second kappa shape index (κ2) is 5.21. The fourth-order valence-corrected chi connectivity index (χ4v) is 7.64. The predicted molar refractivity (Wildman–Crippen MR) is 89.6 cm³/mol. The Hall–Kier alpha value is -0.580. The second-order valence-corrected chi connectivity index (χ2v) is 11.8. The predicted octanol–water partition coefficient (Wildman–Crippen LogP) is 2.53. The van der Waals surface area contributed by atoms with Gasteiger partial charge in [-0.3, -0.25) is 4.79 Å². The van der Waals surface area contributed by atoms with E-state index in [1.54, 1.807) is 13.8 Å². The Labute approximate surface area is 139 Å². The molecule has 0 atom stereocenters. The van der Waals surface area contributed by atoms with Crippen LogP contribution < -0.4 is 5.32 Å². The van der Waals surface area contributed by atoms with Crippen LogP contribution in [0, 0.1) is 29.6 Å². The van der Waals surface area contributed by atoms with Crippen molar-refractivity contribution in [1.29, 1.82) is 0 Å². The Balaban J connectivity index is 1.40. The normalized spacial score (nSPS) is 39.5. The number of hydrogen-bond donors (Lipinski definition) is 1. The molecule has 0 spiro atoms. The van der Waals surface area contributed by atoms with E-state index in [4.69, 9.17) is 0 Å². The molecule has 23 heavy (non-hydrogen) atoms. The van der Waals surface area contributed by atoms with Crippen LogP contribution in [-0.4, -0.2) is 30.9 Å². The molecule has 0 aromatic carbocycles. The van der Waals surface area contributed by atoms with Crippen molar-refractivity contribution in [2.75, 3.05) is 6.54 Å². The summed E-state index contributed by atoms with van der Waals surface area (Å²) in [6, 6.07) is 0. The zero-order chi connectivity index (χ0) is 16.4. The van der Waals surface area contributed by atoms with Gasteiger partial charge in [0.1, 0.15) is 4.75 Å². The van der Waals surface area contributed by atoms with Crippen LogP contribution in [-0.2, 0) is 14.6 Å². The summed E-state index contributed by atoms with van der Waals surface area (Å²) >= 11 is 0. The lowest BCUT2D eigenvalue weighted by molar-refractivity contribution is -0.124. The molecule has 0 radical (unpaired) electrons. The van der Waals surface area contributed by atoms with E-state index in [1.165, 1.54) is 32.1 Å². The summed E-state index contributed by atoms with van der Waals surface area (Å²) in [6.07, 6.45) is 8.19. The minimum atomic E-state index is -3.35. The molecule has 0 aromatic rings. The number of amides is 1. The molecule has 1 amide bonds. The monoisotopic (exact) mass is 339 g/mol. The number of nitrogens with one attached hydrogen (secondary N) is 1. The van der Waals surface area contributed by atoms with Crippen LogP contribution in [0.4, 0.5) is 0 Å². The number of rotatable bonds is 5. The van der Waals surface area contributed by atoms with Crippen LogP contribution >= 0.6 is 0 Å². The smallest absolute Gasteiger partial charge is 0.240 e. The summed E-state index contributed by atoms with van der Waals surface area (Å²) in [5.41, 5.74) is 0. The first kappa shape index (κ1) is 15.9. The zero-order valence-electron chi connectivity index (χ0n) is 14.3. The molecule has 0 saturated heterocycles. The topological polar surface area (TPSA) is 63.2 Å². The third-order valence-electron chi connectivity index (χ3n) is 7.14. The summed E-state index contributed by atoms with van der Waals surface area (Å²) < 4.78 is 23.7. The molecule has 0 aromatic heterocycles. The molecular weight excluding hydrogens is 310 g/mol. The van der Waals surface area contributed by atoms with Crippen LogP contribution in [0.1, 0.15) is 58.8 Å². The standard InChI is InChI=1S/C18H29NO3S/c1-18(2,23(21,22)15-3-4-15)17(20)19-10-16-13-6-11-5-12(8-13)9-14(16)7-11/h11-16H,3-10H2,1-2H3,(H,19,20). The van der Waals surface area contributed by atoms with Gasteiger partial charge in [0, 0.05) is 6.54 Å². The van der Waals surface area contributed by atoms with Crippen LogP contribution in [0.2, 0.25) is 0 Å². The van der Waals surface area contributed by atoms with Gasteiger partial charge in [-0.1, -0.05) is 0 Å². The Kier molecular flexibility index (Phi) is 3.60. The van der Waals surface area contributed by atoms with E-state index < -0.39 is 14.6 Å². The lowest BCUT2D eigenvalue weighted by Gasteiger charge is -2.54. The maximum absolute atomic E-state index is 12.6. The van der Waals surface area contributed by atoms with E-state index in [1.807, 2.05) is 0 Å². The average Bonchev–Trinajstić information content (AvgIpc) is 3.30. The van der Waals surface area contributed by atoms with E-state index >= 15 is 0 Å². The van der Waals surface area contributed by atoms with Crippen LogP contribution in [0.15, 0.2) is 0 Å². The van der Waals surface area contributed by atoms with Crippen molar-refractivity contribution in [1.82, 2.24) is 5.32 Å². The number of carbonyl (C=O) groups is 1. The van der Waals surface area contributed by atoms with Crippen molar-refractivity contribution < 1.29 is 13.2 Å². The fraction of sp³-hybridized carbons (Fsp3) is 0.944. The van der Waals surface area contributed by atoms with Crippen molar-refractivity contribution >= 4 is 15.7 Å². The Morgan fingerprint density at radius 1 is 1.00 bits per heavy atom. The number of hydrogen-bond acceptors (Lipinski definition) is 3. The van der Waals surface area contributed by atoms with Gasteiger partial charge in [0.05, 0.1) is 5.25 Å². The molecule has 5 rings (SSSR count). The maximum Gasteiger partial charge on any atom is 0.240 e. The third kappa shape index (κ3) is 2.54. The maximum atomic E-state index is 12.6. The summed E-state index contributed by atoms with van der Waals surface area (Å²) in [5, 5.41) is 2.73. The van der Waals surface area contributed by atoms with Crippen molar-refractivity contribution in [3.05, 3.63) is 0 Å². The van der Waals surface area contributed by atoms with Gasteiger partial charge in [-0.15, -0.1) is 0 Å².